The number of anilines is 1. The Bertz CT molecular complexity index is 958. The first-order valence-corrected chi connectivity index (χ1v) is 12.1. The topological polar surface area (TPSA) is 75.7 Å². The standard InChI is InChI=1S/C22H27ClN2O4S/c1-17(25(30(2,27)28)20-10-8-19(23)9-11-20)21(26)24-16-22(12-14-29-15-13-22)18-6-4-3-5-7-18/h3-11,17H,12-16H2,1-2H3,(H,24,26). The van der Waals surface area contributed by atoms with Gasteiger partial charge in [0.15, 0.2) is 0 Å². The number of nitrogens with zero attached hydrogens (tertiary/aromatic N) is 1. The lowest BCUT2D eigenvalue weighted by Gasteiger charge is -2.38. The molecule has 1 atom stereocenters. The Labute approximate surface area is 183 Å². The zero-order chi connectivity index (χ0) is 21.8. The first-order valence-electron chi connectivity index (χ1n) is 9.89. The van der Waals surface area contributed by atoms with Crippen LogP contribution >= 0.6 is 11.6 Å². The molecule has 30 heavy (non-hydrogen) atoms. The molecular weight excluding hydrogens is 424 g/mol. The molecule has 1 heterocycles. The zero-order valence-electron chi connectivity index (χ0n) is 17.2. The Morgan fingerprint density at radius 2 is 1.73 bits per heavy atom. The Balaban J connectivity index is 1.79. The van der Waals surface area contributed by atoms with Crippen LogP contribution in [0.2, 0.25) is 5.02 Å². The minimum Gasteiger partial charge on any atom is -0.381 e. The number of ether oxygens (including phenoxy) is 1. The molecule has 2 aromatic carbocycles. The molecule has 8 heteroatoms. The predicted octanol–water partition coefficient (Wildman–Crippen LogP) is 3.36. The van der Waals surface area contributed by atoms with Crippen molar-refractivity contribution in [2.75, 3.05) is 30.3 Å². The third kappa shape index (κ3) is 5.14. The first kappa shape index (κ1) is 22.6. The van der Waals surface area contributed by atoms with E-state index < -0.39 is 16.1 Å². The summed E-state index contributed by atoms with van der Waals surface area (Å²) in [6.07, 6.45) is 2.67. The van der Waals surface area contributed by atoms with Crippen LogP contribution in [0.5, 0.6) is 0 Å². The molecule has 1 unspecified atom stereocenters. The van der Waals surface area contributed by atoms with Gasteiger partial charge in [-0.05, 0) is 49.6 Å². The van der Waals surface area contributed by atoms with Crippen LogP contribution in [-0.4, -0.2) is 46.4 Å². The van der Waals surface area contributed by atoms with Gasteiger partial charge in [0.1, 0.15) is 6.04 Å². The van der Waals surface area contributed by atoms with Crippen molar-refractivity contribution in [2.45, 2.75) is 31.2 Å². The summed E-state index contributed by atoms with van der Waals surface area (Å²) in [4.78, 5) is 13.0. The molecule has 1 saturated heterocycles. The predicted molar refractivity (Wildman–Crippen MR) is 119 cm³/mol. The van der Waals surface area contributed by atoms with Crippen LogP contribution in [0.3, 0.4) is 0 Å². The number of hydrogen-bond donors (Lipinski definition) is 1. The van der Waals surface area contributed by atoms with Crippen molar-refractivity contribution in [3.05, 3.63) is 65.2 Å². The molecule has 2 aromatic rings. The van der Waals surface area contributed by atoms with Crippen LogP contribution in [-0.2, 0) is 25.0 Å². The van der Waals surface area contributed by atoms with Gasteiger partial charge in [-0.2, -0.15) is 0 Å². The van der Waals surface area contributed by atoms with Crippen LogP contribution in [0, 0.1) is 0 Å². The van der Waals surface area contributed by atoms with Crippen molar-refractivity contribution >= 4 is 33.2 Å². The van der Waals surface area contributed by atoms with Crippen molar-refractivity contribution in [1.82, 2.24) is 5.32 Å². The van der Waals surface area contributed by atoms with Crippen molar-refractivity contribution < 1.29 is 17.9 Å². The SMILES string of the molecule is CC(C(=O)NCC1(c2ccccc2)CCOCC1)N(c1ccc(Cl)cc1)S(C)(=O)=O. The summed E-state index contributed by atoms with van der Waals surface area (Å²) in [7, 11) is -3.68. The highest BCUT2D eigenvalue weighted by atomic mass is 35.5. The number of rotatable bonds is 7. The monoisotopic (exact) mass is 450 g/mol. The van der Waals surface area contributed by atoms with Crippen molar-refractivity contribution in [3.63, 3.8) is 0 Å². The molecule has 1 N–H and O–H groups in total. The second-order valence-corrected chi connectivity index (χ2v) is 9.98. The van der Waals surface area contributed by atoms with E-state index in [9.17, 15) is 13.2 Å². The fraction of sp³-hybridized carbons (Fsp3) is 0.409. The van der Waals surface area contributed by atoms with Crippen LogP contribution in [0.25, 0.3) is 0 Å². The Morgan fingerprint density at radius 1 is 1.13 bits per heavy atom. The Morgan fingerprint density at radius 3 is 2.30 bits per heavy atom. The molecule has 1 aliphatic rings. The van der Waals surface area contributed by atoms with Crippen molar-refractivity contribution in [1.29, 1.82) is 0 Å². The van der Waals surface area contributed by atoms with Gasteiger partial charge in [0.2, 0.25) is 15.9 Å². The number of amides is 1. The fourth-order valence-corrected chi connectivity index (χ4v) is 5.22. The maximum atomic E-state index is 13.0. The van der Waals surface area contributed by atoms with Gasteiger partial charge < -0.3 is 10.1 Å². The van der Waals surface area contributed by atoms with Gasteiger partial charge >= 0.3 is 0 Å². The normalized spacial score (nSPS) is 17.2. The number of hydrogen-bond acceptors (Lipinski definition) is 4. The van der Waals surface area contributed by atoms with Gasteiger partial charge in [0, 0.05) is 30.2 Å². The van der Waals surface area contributed by atoms with E-state index in [2.05, 4.69) is 17.4 Å². The molecule has 0 radical (unpaired) electrons. The molecule has 1 amide bonds. The van der Waals surface area contributed by atoms with Crippen molar-refractivity contribution in [3.8, 4) is 0 Å². The molecule has 0 saturated carbocycles. The van der Waals surface area contributed by atoms with Crippen molar-refractivity contribution in [2.24, 2.45) is 0 Å². The summed E-state index contributed by atoms with van der Waals surface area (Å²) >= 11 is 5.92. The lowest BCUT2D eigenvalue weighted by molar-refractivity contribution is -0.122. The molecule has 6 nitrogen and oxygen atoms in total. The van der Waals surface area contributed by atoms with Gasteiger partial charge in [-0.15, -0.1) is 0 Å². The molecule has 0 spiro atoms. The summed E-state index contributed by atoms with van der Waals surface area (Å²) < 4.78 is 31.6. The van der Waals surface area contributed by atoms with E-state index in [1.807, 2.05) is 18.2 Å². The average molecular weight is 451 g/mol. The zero-order valence-corrected chi connectivity index (χ0v) is 18.7. The number of benzene rings is 2. The number of halogens is 1. The van der Waals surface area contributed by atoms with E-state index in [0.717, 1.165) is 29.0 Å². The summed E-state index contributed by atoms with van der Waals surface area (Å²) in [5, 5.41) is 3.49. The third-order valence-corrected chi connectivity index (χ3v) is 7.10. The average Bonchev–Trinajstić information content (AvgIpc) is 2.74. The lowest BCUT2D eigenvalue weighted by atomic mass is 9.74. The minimum absolute atomic E-state index is 0.231. The van der Waals surface area contributed by atoms with Gasteiger partial charge in [-0.25, -0.2) is 8.42 Å². The van der Waals surface area contributed by atoms with Gasteiger partial charge in [-0.3, -0.25) is 9.10 Å². The first-order chi connectivity index (χ1) is 14.2. The molecule has 1 fully saturated rings. The number of sulfonamides is 1. The second kappa shape index (κ2) is 9.37. The Hall–Kier alpha value is -2.09. The van der Waals surface area contributed by atoms with Crippen LogP contribution < -0.4 is 9.62 Å². The molecule has 162 valence electrons. The highest BCUT2D eigenvalue weighted by Gasteiger charge is 2.36. The Kier molecular flexibility index (Phi) is 7.06. The maximum Gasteiger partial charge on any atom is 0.243 e. The molecular formula is C22H27ClN2O4S. The summed E-state index contributed by atoms with van der Waals surface area (Å²) in [5.41, 5.74) is 1.32. The molecule has 3 rings (SSSR count). The van der Waals surface area contributed by atoms with Crippen LogP contribution in [0.4, 0.5) is 5.69 Å². The van der Waals surface area contributed by atoms with E-state index in [0.29, 0.717) is 30.5 Å². The van der Waals surface area contributed by atoms with Gasteiger partial charge in [0.25, 0.3) is 0 Å². The fourth-order valence-electron chi connectivity index (χ4n) is 3.92. The summed E-state index contributed by atoms with van der Waals surface area (Å²) in [5.74, 6) is -0.350. The smallest absolute Gasteiger partial charge is 0.243 e. The molecule has 0 aliphatic carbocycles. The third-order valence-electron chi connectivity index (χ3n) is 5.61. The summed E-state index contributed by atoms with van der Waals surface area (Å²) in [6.45, 7) is 3.26. The van der Waals surface area contributed by atoms with E-state index in [4.69, 9.17) is 16.3 Å². The lowest BCUT2D eigenvalue weighted by Crippen LogP contribution is -2.51. The highest BCUT2D eigenvalue weighted by molar-refractivity contribution is 7.92. The number of carbonyl (C=O) groups is 1. The van der Waals surface area contributed by atoms with E-state index >= 15 is 0 Å². The number of carbonyl (C=O) groups excluding carboxylic acids is 1. The molecule has 0 aromatic heterocycles. The molecule has 1 aliphatic heterocycles. The van der Waals surface area contributed by atoms with Crippen LogP contribution in [0.15, 0.2) is 54.6 Å². The van der Waals surface area contributed by atoms with E-state index in [1.54, 1.807) is 31.2 Å². The van der Waals surface area contributed by atoms with Crippen LogP contribution in [0.1, 0.15) is 25.3 Å². The molecule has 0 bridgehead atoms. The minimum atomic E-state index is -3.68. The quantitative estimate of drug-likeness (QED) is 0.701. The largest absolute Gasteiger partial charge is 0.381 e. The van der Waals surface area contributed by atoms with E-state index in [-0.39, 0.29) is 11.3 Å². The second-order valence-electron chi connectivity index (χ2n) is 7.69. The number of nitrogens with one attached hydrogen (secondary N) is 1. The maximum absolute atomic E-state index is 13.0. The van der Waals surface area contributed by atoms with Gasteiger partial charge in [0.05, 0.1) is 11.9 Å². The highest BCUT2D eigenvalue weighted by Crippen LogP contribution is 2.34. The summed E-state index contributed by atoms with van der Waals surface area (Å²) in [6, 6.07) is 15.6. The van der Waals surface area contributed by atoms with Gasteiger partial charge in [-0.1, -0.05) is 41.9 Å². The van der Waals surface area contributed by atoms with E-state index in [1.165, 1.54) is 0 Å².